The van der Waals surface area contributed by atoms with E-state index in [0.29, 0.717) is 5.82 Å². The maximum absolute atomic E-state index is 11.9. The number of hydrogen-bond acceptors (Lipinski definition) is 4. The maximum Gasteiger partial charge on any atom is 0.158 e. The zero-order valence-corrected chi connectivity index (χ0v) is 10.0. The van der Waals surface area contributed by atoms with Gasteiger partial charge in [-0.3, -0.25) is 0 Å². The van der Waals surface area contributed by atoms with Gasteiger partial charge < -0.3 is 5.11 Å². The second-order valence-electron chi connectivity index (χ2n) is 3.95. The van der Waals surface area contributed by atoms with E-state index in [1.165, 1.54) is 0 Å². The average molecular weight is 243 g/mol. The predicted octanol–water partition coefficient (Wildman–Crippen LogP) is 2.26. The fourth-order valence-corrected chi connectivity index (χ4v) is 2.89. The molecule has 2 aromatic rings. The molecule has 1 aliphatic heterocycles. The van der Waals surface area contributed by atoms with Crippen molar-refractivity contribution in [3.8, 4) is 17.3 Å². The van der Waals surface area contributed by atoms with Crippen LogP contribution in [0.25, 0.3) is 11.4 Å². The average Bonchev–Trinajstić information content (AvgIpc) is 2.40. The highest BCUT2D eigenvalue weighted by molar-refractivity contribution is 7.99. The number of aryl methyl sites for hydroxylation is 1. The first-order valence-corrected chi connectivity index (χ1v) is 6.59. The fourth-order valence-electron chi connectivity index (χ4n) is 1.92. The Morgan fingerprint density at radius 2 is 1.94 bits per heavy atom. The Labute approximate surface area is 104 Å². The van der Waals surface area contributed by atoms with E-state index in [4.69, 9.17) is 0 Å². The summed E-state index contributed by atoms with van der Waals surface area (Å²) in [6.45, 7) is 0. The number of nitrogens with zero attached hydrogens (tertiary/aromatic N) is 2. The lowest BCUT2D eigenvalue weighted by molar-refractivity contribution is -0.279. The van der Waals surface area contributed by atoms with Crippen molar-refractivity contribution in [2.45, 2.75) is 17.7 Å². The molecule has 86 valence electrons. The van der Waals surface area contributed by atoms with Crippen molar-refractivity contribution in [3.63, 3.8) is 0 Å². The van der Waals surface area contributed by atoms with Crippen molar-refractivity contribution in [2.24, 2.45) is 0 Å². The minimum atomic E-state index is -0.126. The Hall–Kier alpha value is -1.55. The van der Waals surface area contributed by atoms with Gasteiger partial charge in [0.2, 0.25) is 0 Å². The Morgan fingerprint density at radius 3 is 2.76 bits per heavy atom. The standard InChI is InChI=1S/C13H12N2OS/c16-13-11-10(7-4-8-17-11)14-12(15-13)9-5-2-1-3-6-9/h1-3,5-6H,4,7-8H2,(H,14,15,16)/p-1. The monoisotopic (exact) mass is 243 g/mol. The predicted molar refractivity (Wildman–Crippen MR) is 66.0 cm³/mol. The summed E-state index contributed by atoms with van der Waals surface area (Å²) in [6.07, 6.45) is 1.97. The summed E-state index contributed by atoms with van der Waals surface area (Å²) in [5, 5.41) is 11.9. The van der Waals surface area contributed by atoms with Gasteiger partial charge in [0, 0.05) is 16.3 Å². The van der Waals surface area contributed by atoms with Gasteiger partial charge in [-0.15, -0.1) is 11.8 Å². The van der Waals surface area contributed by atoms with Gasteiger partial charge in [0.25, 0.3) is 0 Å². The molecule has 0 aliphatic carbocycles. The van der Waals surface area contributed by atoms with Gasteiger partial charge in [-0.05, 0) is 18.6 Å². The van der Waals surface area contributed by atoms with Crippen LogP contribution in [0.5, 0.6) is 5.88 Å². The molecule has 1 aromatic heterocycles. The third kappa shape index (κ3) is 2.00. The molecular weight excluding hydrogens is 232 g/mol. The van der Waals surface area contributed by atoms with Crippen LogP contribution in [0, 0.1) is 0 Å². The van der Waals surface area contributed by atoms with Gasteiger partial charge in [0.1, 0.15) is 0 Å². The fraction of sp³-hybridized carbons (Fsp3) is 0.231. The Kier molecular flexibility index (Phi) is 2.73. The van der Waals surface area contributed by atoms with Crippen LogP contribution in [-0.2, 0) is 6.42 Å². The molecule has 1 aliphatic rings. The molecule has 3 nitrogen and oxygen atoms in total. The molecule has 0 saturated carbocycles. The molecule has 0 atom stereocenters. The van der Waals surface area contributed by atoms with E-state index in [2.05, 4.69) is 9.97 Å². The number of thioether (sulfide) groups is 1. The van der Waals surface area contributed by atoms with E-state index in [-0.39, 0.29) is 5.88 Å². The van der Waals surface area contributed by atoms with Crippen molar-refractivity contribution < 1.29 is 5.11 Å². The van der Waals surface area contributed by atoms with Gasteiger partial charge in [-0.2, -0.15) is 0 Å². The van der Waals surface area contributed by atoms with E-state index in [9.17, 15) is 5.11 Å². The quantitative estimate of drug-likeness (QED) is 0.770. The minimum absolute atomic E-state index is 0.126. The third-order valence-corrected chi connectivity index (χ3v) is 3.93. The molecule has 17 heavy (non-hydrogen) atoms. The highest BCUT2D eigenvalue weighted by Crippen LogP contribution is 2.34. The zero-order chi connectivity index (χ0) is 11.7. The molecule has 0 bridgehead atoms. The van der Waals surface area contributed by atoms with Gasteiger partial charge in [0.05, 0.1) is 5.69 Å². The summed E-state index contributed by atoms with van der Waals surface area (Å²) in [4.78, 5) is 9.33. The smallest absolute Gasteiger partial charge is 0.158 e. The van der Waals surface area contributed by atoms with Crippen LogP contribution >= 0.6 is 11.8 Å². The topological polar surface area (TPSA) is 48.8 Å². The van der Waals surface area contributed by atoms with Crippen LogP contribution in [0.1, 0.15) is 12.1 Å². The van der Waals surface area contributed by atoms with Crippen molar-refractivity contribution in [1.82, 2.24) is 9.97 Å². The molecule has 0 saturated heterocycles. The van der Waals surface area contributed by atoms with E-state index in [1.807, 2.05) is 30.3 Å². The van der Waals surface area contributed by atoms with E-state index < -0.39 is 0 Å². The molecule has 0 spiro atoms. The second-order valence-corrected chi connectivity index (χ2v) is 5.05. The number of benzene rings is 1. The summed E-state index contributed by atoms with van der Waals surface area (Å²) in [5.74, 6) is 1.42. The van der Waals surface area contributed by atoms with Crippen molar-refractivity contribution in [3.05, 3.63) is 36.0 Å². The molecule has 0 unspecified atom stereocenters. The second kappa shape index (κ2) is 4.37. The van der Waals surface area contributed by atoms with Crippen LogP contribution in [0.2, 0.25) is 0 Å². The van der Waals surface area contributed by atoms with Crippen LogP contribution < -0.4 is 5.11 Å². The molecule has 0 amide bonds. The first kappa shape index (κ1) is 10.6. The summed E-state index contributed by atoms with van der Waals surface area (Å²) >= 11 is 1.58. The molecule has 1 aromatic carbocycles. The molecule has 2 heterocycles. The number of fused-ring (bicyclic) bond motifs is 1. The lowest BCUT2D eigenvalue weighted by Crippen LogP contribution is -2.09. The largest absolute Gasteiger partial charge is 0.858 e. The van der Waals surface area contributed by atoms with Gasteiger partial charge in [-0.25, -0.2) is 9.97 Å². The number of rotatable bonds is 1. The molecule has 0 N–H and O–H groups in total. The zero-order valence-electron chi connectivity index (χ0n) is 9.22. The van der Waals surface area contributed by atoms with Crippen molar-refractivity contribution >= 4 is 11.8 Å². The van der Waals surface area contributed by atoms with E-state index >= 15 is 0 Å². The summed E-state index contributed by atoms with van der Waals surface area (Å²) in [6, 6.07) is 9.65. The van der Waals surface area contributed by atoms with Crippen LogP contribution in [0.15, 0.2) is 35.2 Å². The third-order valence-electron chi connectivity index (χ3n) is 2.74. The molecule has 4 heteroatoms. The van der Waals surface area contributed by atoms with Crippen LogP contribution in [0.4, 0.5) is 0 Å². The van der Waals surface area contributed by atoms with Crippen molar-refractivity contribution in [1.29, 1.82) is 0 Å². The Morgan fingerprint density at radius 1 is 1.12 bits per heavy atom. The Bertz CT molecular complexity index is 543. The first-order chi connectivity index (χ1) is 8.34. The molecule has 0 fully saturated rings. The van der Waals surface area contributed by atoms with E-state index in [1.54, 1.807) is 11.8 Å². The molecule has 3 rings (SSSR count). The van der Waals surface area contributed by atoms with Gasteiger partial charge in [-0.1, -0.05) is 30.3 Å². The molecular formula is C13H11N2OS-. The lowest BCUT2D eigenvalue weighted by atomic mass is 10.2. The van der Waals surface area contributed by atoms with Crippen molar-refractivity contribution in [2.75, 3.05) is 5.75 Å². The SMILES string of the molecule is [O-]c1nc(-c2ccccc2)nc2c1SCCC2. The van der Waals surface area contributed by atoms with Gasteiger partial charge in [0.15, 0.2) is 5.82 Å². The Balaban J connectivity index is 2.11. The van der Waals surface area contributed by atoms with Crippen LogP contribution in [0.3, 0.4) is 0 Å². The summed E-state index contributed by atoms with van der Waals surface area (Å²) < 4.78 is 0. The number of aromatic nitrogens is 2. The number of hydrogen-bond donors (Lipinski definition) is 0. The van der Waals surface area contributed by atoms with E-state index in [0.717, 1.165) is 34.7 Å². The first-order valence-electron chi connectivity index (χ1n) is 5.61. The minimum Gasteiger partial charge on any atom is -0.858 e. The highest BCUT2D eigenvalue weighted by Gasteiger charge is 2.14. The maximum atomic E-state index is 11.9. The summed E-state index contributed by atoms with van der Waals surface area (Å²) in [7, 11) is 0. The normalized spacial score (nSPS) is 14.4. The highest BCUT2D eigenvalue weighted by atomic mass is 32.2. The lowest BCUT2D eigenvalue weighted by Gasteiger charge is -2.20. The van der Waals surface area contributed by atoms with Gasteiger partial charge >= 0.3 is 0 Å². The van der Waals surface area contributed by atoms with Crippen LogP contribution in [-0.4, -0.2) is 15.7 Å². The summed E-state index contributed by atoms with van der Waals surface area (Å²) in [5.41, 5.74) is 1.82. The molecule has 0 radical (unpaired) electrons.